The topological polar surface area (TPSA) is 49.3 Å². The molecule has 0 heterocycles. The summed E-state index contributed by atoms with van der Waals surface area (Å²) < 4.78 is 13.1. The van der Waals surface area contributed by atoms with Gasteiger partial charge in [0, 0.05) is 12.6 Å². The Hall–Kier alpha value is -1.42. The summed E-state index contributed by atoms with van der Waals surface area (Å²) in [4.78, 5) is 11.4. The Bertz CT molecular complexity index is 531. The van der Waals surface area contributed by atoms with Gasteiger partial charge in [-0.3, -0.25) is 4.79 Å². The van der Waals surface area contributed by atoms with Gasteiger partial charge in [0.2, 0.25) is 0 Å². The van der Waals surface area contributed by atoms with E-state index in [1.807, 2.05) is 6.92 Å². The molecule has 3 nitrogen and oxygen atoms in total. The van der Waals surface area contributed by atoms with Crippen molar-refractivity contribution in [1.82, 2.24) is 5.32 Å². The number of carboxylic acids is 1. The van der Waals surface area contributed by atoms with E-state index in [0.717, 1.165) is 30.4 Å². The van der Waals surface area contributed by atoms with Crippen LogP contribution in [0.5, 0.6) is 0 Å². The Kier molecular flexibility index (Phi) is 3.50. The molecule has 2 N–H and O–H groups in total. The quantitative estimate of drug-likeness (QED) is 0.889. The maximum absolute atomic E-state index is 13.1. The van der Waals surface area contributed by atoms with Gasteiger partial charge >= 0.3 is 5.97 Å². The van der Waals surface area contributed by atoms with Gasteiger partial charge in [0.25, 0.3) is 0 Å². The Morgan fingerprint density at radius 3 is 2.85 bits per heavy atom. The standard InChI is InChI=1S/C16H20FNO2/c1-9-6-13(17)5-4-12(9)8-18-15-11-3-2-10(7-11)14(15)16(19)20/h4-6,10-11,14-15,18H,2-3,7-8H2,1H3,(H,19,20). The number of hydrogen-bond acceptors (Lipinski definition) is 2. The number of carbonyl (C=O) groups is 1. The van der Waals surface area contributed by atoms with Crippen molar-refractivity contribution in [1.29, 1.82) is 0 Å². The van der Waals surface area contributed by atoms with Crippen LogP contribution in [0.2, 0.25) is 0 Å². The SMILES string of the molecule is Cc1cc(F)ccc1CNC1C2CCC(C2)C1C(=O)O. The van der Waals surface area contributed by atoms with E-state index in [0.29, 0.717) is 18.4 Å². The Balaban J connectivity index is 1.70. The highest BCUT2D eigenvalue weighted by atomic mass is 19.1. The molecule has 0 amide bonds. The summed E-state index contributed by atoms with van der Waals surface area (Å²) in [5.41, 5.74) is 1.95. The maximum Gasteiger partial charge on any atom is 0.308 e. The van der Waals surface area contributed by atoms with Gasteiger partial charge in [-0.1, -0.05) is 6.07 Å². The first-order valence-electron chi connectivity index (χ1n) is 7.27. The van der Waals surface area contributed by atoms with Gasteiger partial charge < -0.3 is 10.4 Å². The molecule has 0 spiro atoms. The molecule has 2 aliphatic carbocycles. The molecule has 108 valence electrons. The van der Waals surface area contributed by atoms with Crippen LogP contribution in [0.15, 0.2) is 18.2 Å². The molecule has 2 bridgehead atoms. The average molecular weight is 277 g/mol. The lowest BCUT2D eigenvalue weighted by atomic mass is 9.84. The molecule has 20 heavy (non-hydrogen) atoms. The monoisotopic (exact) mass is 277 g/mol. The summed E-state index contributed by atoms with van der Waals surface area (Å²) in [5.74, 6) is -0.333. The first-order valence-corrected chi connectivity index (χ1v) is 7.27. The van der Waals surface area contributed by atoms with Crippen LogP contribution >= 0.6 is 0 Å². The van der Waals surface area contributed by atoms with E-state index >= 15 is 0 Å². The summed E-state index contributed by atoms with van der Waals surface area (Å²) in [6, 6.07) is 4.82. The van der Waals surface area contributed by atoms with E-state index in [-0.39, 0.29) is 17.8 Å². The second kappa shape index (κ2) is 5.17. The number of aliphatic carboxylic acids is 1. The number of nitrogens with one attached hydrogen (secondary N) is 1. The Morgan fingerprint density at radius 2 is 2.15 bits per heavy atom. The average Bonchev–Trinajstić information content (AvgIpc) is 2.97. The molecule has 0 radical (unpaired) electrons. The van der Waals surface area contributed by atoms with Crippen LogP contribution in [0.1, 0.15) is 30.4 Å². The molecule has 2 saturated carbocycles. The largest absolute Gasteiger partial charge is 0.481 e. The molecule has 4 heteroatoms. The van der Waals surface area contributed by atoms with Crippen LogP contribution in [0.4, 0.5) is 4.39 Å². The number of aryl methyl sites for hydroxylation is 1. The van der Waals surface area contributed by atoms with E-state index in [9.17, 15) is 14.3 Å². The van der Waals surface area contributed by atoms with Gasteiger partial charge in [-0.2, -0.15) is 0 Å². The van der Waals surface area contributed by atoms with Gasteiger partial charge in [-0.05, 0) is 61.3 Å². The zero-order valence-corrected chi connectivity index (χ0v) is 11.6. The molecule has 2 fully saturated rings. The minimum absolute atomic E-state index is 0.0655. The number of rotatable bonds is 4. The fraction of sp³-hybridized carbons (Fsp3) is 0.562. The van der Waals surface area contributed by atoms with Crippen LogP contribution in [0.3, 0.4) is 0 Å². The lowest BCUT2D eigenvalue weighted by Crippen LogP contribution is -2.43. The summed E-state index contributed by atoms with van der Waals surface area (Å²) in [7, 11) is 0. The molecule has 0 saturated heterocycles. The fourth-order valence-electron chi connectivity index (χ4n) is 4.03. The van der Waals surface area contributed by atoms with Crippen molar-refractivity contribution in [3.63, 3.8) is 0 Å². The predicted molar refractivity (Wildman–Crippen MR) is 73.7 cm³/mol. The van der Waals surface area contributed by atoms with Crippen LogP contribution in [-0.4, -0.2) is 17.1 Å². The second-order valence-electron chi connectivity index (χ2n) is 6.17. The number of fused-ring (bicyclic) bond motifs is 2. The highest BCUT2D eigenvalue weighted by Gasteiger charge is 2.50. The zero-order valence-electron chi connectivity index (χ0n) is 11.6. The summed E-state index contributed by atoms with van der Waals surface area (Å²) in [6.45, 7) is 2.50. The van der Waals surface area contributed by atoms with Gasteiger partial charge in [0.05, 0.1) is 5.92 Å². The second-order valence-corrected chi connectivity index (χ2v) is 6.17. The summed E-state index contributed by atoms with van der Waals surface area (Å²) >= 11 is 0. The minimum Gasteiger partial charge on any atom is -0.481 e. The molecule has 3 rings (SSSR count). The molecular weight excluding hydrogens is 257 g/mol. The summed E-state index contributed by atoms with van der Waals surface area (Å²) in [5, 5.41) is 12.8. The highest BCUT2D eigenvalue weighted by Crippen LogP contribution is 2.48. The third-order valence-electron chi connectivity index (χ3n) is 5.03. The van der Waals surface area contributed by atoms with Crippen LogP contribution < -0.4 is 5.32 Å². The number of benzene rings is 1. The van der Waals surface area contributed by atoms with Crippen LogP contribution in [0.25, 0.3) is 0 Å². The zero-order chi connectivity index (χ0) is 14.3. The van der Waals surface area contributed by atoms with E-state index < -0.39 is 5.97 Å². The lowest BCUT2D eigenvalue weighted by Gasteiger charge is -2.29. The molecule has 4 atom stereocenters. The smallest absolute Gasteiger partial charge is 0.308 e. The Labute approximate surface area is 118 Å². The highest BCUT2D eigenvalue weighted by molar-refractivity contribution is 5.72. The van der Waals surface area contributed by atoms with E-state index in [4.69, 9.17) is 0 Å². The fourth-order valence-corrected chi connectivity index (χ4v) is 4.03. The van der Waals surface area contributed by atoms with Gasteiger partial charge in [-0.25, -0.2) is 4.39 Å². The molecule has 1 aromatic carbocycles. The van der Waals surface area contributed by atoms with Gasteiger partial charge in [0.1, 0.15) is 5.82 Å². The normalized spacial score (nSPS) is 31.7. The number of halogens is 1. The number of hydrogen-bond donors (Lipinski definition) is 2. The van der Waals surface area contributed by atoms with E-state index in [2.05, 4.69) is 5.32 Å². The van der Waals surface area contributed by atoms with Crippen molar-refractivity contribution in [3.8, 4) is 0 Å². The van der Waals surface area contributed by atoms with Crippen molar-refractivity contribution < 1.29 is 14.3 Å². The van der Waals surface area contributed by atoms with Crippen LogP contribution in [0, 0.1) is 30.5 Å². The first kappa shape index (κ1) is 13.6. The van der Waals surface area contributed by atoms with Crippen molar-refractivity contribution >= 4 is 5.97 Å². The van der Waals surface area contributed by atoms with Crippen molar-refractivity contribution in [2.24, 2.45) is 17.8 Å². The van der Waals surface area contributed by atoms with E-state index in [1.54, 1.807) is 6.07 Å². The Morgan fingerprint density at radius 1 is 1.40 bits per heavy atom. The predicted octanol–water partition coefficient (Wildman–Crippen LogP) is 2.72. The molecule has 4 unspecified atom stereocenters. The van der Waals surface area contributed by atoms with Crippen molar-refractivity contribution in [2.75, 3.05) is 0 Å². The molecule has 0 aromatic heterocycles. The number of carboxylic acid groups (broad SMARTS) is 1. The molecular formula is C16H20FNO2. The summed E-state index contributed by atoms with van der Waals surface area (Å²) in [6.07, 6.45) is 3.22. The third kappa shape index (κ3) is 2.33. The van der Waals surface area contributed by atoms with Crippen molar-refractivity contribution in [3.05, 3.63) is 35.1 Å². The van der Waals surface area contributed by atoms with Crippen LogP contribution in [-0.2, 0) is 11.3 Å². The van der Waals surface area contributed by atoms with Gasteiger partial charge in [-0.15, -0.1) is 0 Å². The lowest BCUT2D eigenvalue weighted by molar-refractivity contribution is -0.144. The first-order chi connectivity index (χ1) is 9.56. The third-order valence-corrected chi connectivity index (χ3v) is 5.03. The molecule has 1 aromatic rings. The van der Waals surface area contributed by atoms with Gasteiger partial charge in [0.15, 0.2) is 0 Å². The molecule has 2 aliphatic rings. The van der Waals surface area contributed by atoms with E-state index in [1.165, 1.54) is 12.1 Å². The maximum atomic E-state index is 13.1. The molecule has 0 aliphatic heterocycles. The minimum atomic E-state index is -0.675. The van der Waals surface area contributed by atoms with Crippen molar-refractivity contribution in [2.45, 2.75) is 38.8 Å².